The van der Waals surface area contributed by atoms with E-state index >= 15 is 0 Å². The summed E-state index contributed by atoms with van der Waals surface area (Å²) in [5.41, 5.74) is 0.917. The molecule has 1 aromatic carbocycles. The van der Waals surface area contributed by atoms with Crippen LogP contribution < -0.4 is 5.32 Å². The van der Waals surface area contributed by atoms with Crippen LogP contribution in [-0.2, 0) is 0 Å². The summed E-state index contributed by atoms with van der Waals surface area (Å²) in [6.45, 7) is 5.70. The van der Waals surface area contributed by atoms with E-state index in [1.54, 1.807) is 19.1 Å². The highest BCUT2D eigenvalue weighted by molar-refractivity contribution is 6.31. The zero-order valence-electron chi connectivity index (χ0n) is 11.3. The minimum atomic E-state index is -0.519. The van der Waals surface area contributed by atoms with Gasteiger partial charge in [0.25, 0.3) is 0 Å². The Morgan fingerprint density at radius 2 is 1.90 bits per heavy atom. The largest absolute Gasteiger partial charge is 0.337 e. The lowest BCUT2D eigenvalue weighted by atomic mass is 10.2. The molecule has 2 aromatic rings. The fourth-order valence-corrected chi connectivity index (χ4v) is 1.96. The topological polar surface area (TPSA) is 37.8 Å². The highest BCUT2D eigenvalue weighted by Crippen LogP contribution is 2.28. The van der Waals surface area contributed by atoms with E-state index in [-0.39, 0.29) is 16.6 Å². The standard InChI is InChI=1S/C14H14Cl2FN3/c1-7(2)13-19-12(16)8(3)14(20-13)18-10-6-4-5-9(15)11(10)17/h4-7H,1-3H3,(H,18,19,20). The first-order chi connectivity index (χ1) is 9.40. The van der Waals surface area contributed by atoms with Gasteiger partial charge in [-0.05, 0) is 19.1 Å². The molecular formula is C14H14Cl2FN3. The van der Waals surface area contributed by atoms with Gasteiger partial charge in [0.2, 0.25) is 0 Å². The number of benzene rings is 1. The number of hydrogen-bond donors (Lipinski definition) is 1. The Morgan fingerprint density at radius 3 is 2.55 bits per heavy atom. The van der Waals surface area contributed by atoms with E-state index in [1.807, 2.05) is 13.8 Å². The fraction of sp³-hybridized carbons (Fsp3) is 0.286. The molecule has 0 spiro atoms. The minimum absolute atomic E-state index is 0.0527. The molecule has 0 fully saturated rings. The van der Waals surface area contributed by atoms with Crippen LogP contribution in [0.25, 0.3) is 0 Å². The third-order valence-corrected chi connectivity index (χ3v) is 3.48. The Labute approximate surface area is 127 Å². The van der Waals surface area contributed by atoms with Crippen LogP contribution in [-0.4, -0.2) is 9.97 Å². The second kappa shape index (κ2) is 5.94. The summed E-state index contributed by atoms with van der Waals surface area (Å²) in [6.07, 6.45) is 0. The summed E-state index contributed by atoms with van der Waals surface area (Å²) in [5, 5.41) is 3.33. The molecule has 0 unspecified atom stereocenters. The molecule has 0 saturated carbocycles. The molecule has 0 atom stereocenters. The molecule has 1 N–H and O–H groups in total. The van der Waals surface area contributed by atoms with Crippen molar-refractivity contribution in [1.29, 1.82) is 0 Å². The van der Waals surface area contributed by atoms with Crippen molar-refractivity contribution in [2.75, 3.05) is 5.32 Å². The maximum absolute atomic E-state index is 13.9. The lowest BCUT2D eigenvalue weighted by Gasteiger charge is -2.13. The Balaban J connectivity index is 2.45. The molecule has 2 rings (SSSR count). The van der Waals surface area contributed by atoms with Crippen LogP contribution in [0.5, 0.6) is 0 Å². The number of nitrogens with one attached hydrogen (secondary N) is 1. The fourth-order valence-electron chi connectivity index (χ4n) is 1.61. The molecule has 1 heterocycles. The zero-order chi connectivity index (χ0) is 14.9. The van der Waals surface area contributed by atoms with Gasteiger partial charge in [0.1, 0.15) is 16.8 Å². The number of halogens is 3. The Morgan fingerprint density at radius 1 is 1.20 bits per heavy atom. The van der Waals surface area contributed by atoms with Crippen LogP contribution in [0.15, 0.2) is 18.2 Å². The predicted molar refractivity (Wildman–Crippen MR) is 80.6 cm³/mol. The highest BCUT2D eigenvalue weighted by Gasteiger charge is 2.14. The van der Waals surface area contributed by atoms with Crippen molar-refractivity contribution in [2.24, 2.45) is 0 Å². The van der Waals surface area contributed by atoms with Crippen LogP contribution in [0.1, 0.15) is 31.2 Å². The van der Waals surface area contributed by atoms with Gasteiger partial charge in [0, 0.05) is 11.5 Å². The summed E-state index contributed by atoms with van der Waals surface area (Å²) in [7, 11) is 0. The average Bonchev–Trinajstić information content (AvgIpc) is 2.39. The second-order valence-corrected chi connectivity index (χ2v) is 5.49. The Kier molecular flexibility index (Phi) is 4.45. The van der Waals surface area contributed by atoms with E-state index < -0.39 is 5.82 Å². The quantitative estimate of drug-likeness (QED) is 0.801. The number of nitrogens with zero attached hydrogens (tertiary/aromatic N) is 2. The molecule has 0 aliphatic heterocycles. The molecule has 0 amide bonds. The third kappa shape index (κ3) is 3.02. The molecular weight excluding hydrogens is 300 g/mol. The van der Waals surface area contributed by atoms with Gasteiger partial charge in [0.15, 0.2) is 5.82 Å². The molecule has 20 heavy (non-hydrogen) atoms. The van der Waals surface area contributed by atoms with Crippen molar-refractivity contribution in [3.8, 4) is 0 Å². The first kappa shape index (κ1) is 15.0. The molecule has 3 nitrogen and oxygen atoms in total. The zero-order valence-corrected chi connectivity index (χ0v) is 12.8. The summed E-state index contributed by atoms with van der Waals surface area (Å²) in [5.74, 6) is 0.688. The summed E-state index contributed by atoms with van der Waals surface area (Å²) < 4.78 is 13.9. The normalized spacial score (nSPS) is 10.9. The monoisotopic (exact) mass is 313 g/mol. The maximum Gasteiger partial charge on any atom is 0.165 e. The third-order valence-electron chi connectivity index (χ3n) is 2.82. The van der Waals surface area contributed by atoms with Crippen molar-refractivity contribution in [3.63, 3.8) is 0 Å². The van der Waals surface area contributed by atoms with Gasteiger partial charge in [-0.15, -0.1) is 0 Å². The lowest BCUT2D eigenvalue weighted by Crippen LogP contribution is -2.06. The van der Waals surface area contributed by atoms with Gasteiger partial charge in [-0.25, -0.2) is 14.4 Å². The molecule has 1 aromatic heterocycles. The molecule has 0 saturated heterocycles. The van der Waals surface area contributed by atoms with Crippen LogP contribution in [0.2, 0.25) is 10.2 Å². The van der Waals surface area contributed by atoms with Gasteiger partial charge in [0.05, 0.1) is 10.7 Å². The summed E-state index contributed by atoms with van der Waals surface area (Å²) >= 11 is 11.8. The Hall–Kier alpha value is -1.39. The van der Waals surface area contributed by atoms with Crippen LogP contribution in [0.4, 0.5) is 15.9 Å². The van der Waals surface area contributed by atoms with Gasteiger partial charge in [-0.3, -0.25) is 0 Å². The number of aromatic nitrogens is 2. The van der Waals surface area contributed by atoms with Gasteiger partial charge in [-0.1, -0.05) is 43.1 Å². The molecule has 0 aliphatic carbocycles. The second-order valence-electron chi connectivity index (χ2n) is 4.73. The number of anilines is 2. The van der Waals surface area contributed by atoms with E-state index in [2.05, 4.69) is 15.3 Å². The van der Waals surface area contributed by atoms with E-state index in [1.165, 1.54) is 6.07 Å². The SMILES string of the molecule is Cc1c(Cl)nc(C(C)C)nc1Nc1cccc(Cl)c1F. The number of rotatable bonds is 3. The lowest BCUT2D eigenvalue weighted by molar-refractivity contribution is 0.632. The van der Waals surface area contributed by atoms with E-state index in [0.717, 1.165) is 0 Å². The minimum Gasteiger partial charge on any atom is -0.337 e. The van der Waals surface area contributed by atoms with E-state index in [9.17, 15) is 4.39 Å². The van der Waals surface area contributed by atoms with Crippen molar-refractivity contribution < 1.29 is 4.39 Å². The van der Waals surface area contributed by atoms with E-state index in [4.69, 9.17) is 23.2 Å². The molecule has 0 aliphatic rings. The smallest absolute Gasteiger partial charge is 0.165 e. The first-order valence-corrected chi connectivity index (χ1v) is 6.90. The molecule has 6 heteroatoms. The highest BCUT2D eigenvalue weighted by atomic mass is 35.5. The van der Waals surface area contributed by atoms with Crippen molar-refractivity contribution in [3.05, 3.63) is 45.6 Å². The van der Waals surface area contributed by atoms with Gasteiger partial charge in [-0.2, -0.15) is 0 Å². The van der Waals surface area contributed by atoms with Crippen LogP contribution in [0, 0.1) is 12.7 Å². The maximum atomic E-state index is 13.9. The van der Waals surface area contributed by atoms with Gasteiger partial charge < -0.3 is 5.32 Å². The summed E-state index contributed by atoms with van der Waals surface area (Å²) in [4.78, 5) is 8.59. The summed E-state index contributed by atoms with van der Waals surface area (Å²) in [6, 6.07) is 4.74. The molecule has 0 bridgehead atoms. The Bertz CT molecular complexity index is 645. The van der Waals surface area contributed by atoms with Crippen molar-refractivity contribution in [1.82, 2.24) is 9.97 Å². The van der Waals surface area contributed by atoms with Crippen LogP contribution >= 0.6 is 23.2 Å². The number of hydrogen-bond acceptors (Lipinski definition) is 3. The first-order valence-electron chi connectivity index (χ1n) is 6.15. The van der Waals surface area contributed by atoms with Crippen LogP contribution in [0.3, 0.4) is 0 Å². The van der Waals surface area contributed by atoms with E-state index in [0.29, 0.717) is 22.4 Å². The molecule has 106 valence electrons. The predicted octanol–water partition coefficient (Wildman–Crippen LogP) is 5.10. The van der Waals surface area contributed by atoms with Crippen molar-refractivity contribution >= 4 is 34.7 Å². The van der Waals surface area contributed by atoms with Gasteiger partial charge >= 0.3 is 0 Å². The molecule has 0 radical (unpaired) electrons. The average molecular weight is 314 g/mol. The van der Waals surface area contributed by atoms with Crippen molar-refractivity contribution in [2.45, 2.75) is 26.7 Å².